The van der Waals surface area contributed by atoms with Crippen molar-refractivity contribution in [1.29, 1.82) is 0 Å². The van der Waals surface area contributed by atoms with E-state index in [0.29, 0.717) is 11.0 Å². The fourth-order valence-electron chi connectivity index (χ4n) is 2.89. The molecule has 1 aliphatic carbocycles. The van der Waals surface area contributed by atoms with Gasteiger partial charge < -0.3 is 10.6 Å². The molecule has 134 valence electrons. The van der Waals surface area contributed by atoms with Gasteiger partial charge in [-0.05, 0) is 30.4 Å². The van der Waals surface area contributed by atoms with Crippen LogP contribution in [-0.2, 0) is 25.6 Å². The summed E-state index contributed by atoms with van der Waals surface area (Å²) in [5.74, 6) is 0.577. The number of rotatable bonds is 3. The van der Waals surface area contributed by atoms with Crippen molar-refractivity contribution in [2.75, 3.05) is 7.05 Å². The molecule has 8 heteroatoms. The number of hydrogen-bond acceptors (Lipinski definition) is 3. The molecule has 2 N–H and O–H groups in total. The number of aliphatic imine (C=N–C) groups is 1. The lowest BCUT2D eigenvalue weighted by Gasteiger charge is -2.27. The van der Waals surface area contributed by atoms with Gasteiger partial charge in [0.15, 0.2) is 11.7 Å². The molecule has 1 atom stereocenters. The Morgan fingerprint density at radius 2 is 2.08 bits per heavy atom. The maximum Gasteiger partial charge on any atom is 0.434 e. The van der Waals surface area contributed by atoms with Crippen LogP contribution in [0.3, 0.4) is 0 Å². The zero-order valence-electron chi connectivity index (χ0n) is 13.7. The summed E-state index contributed by atoms with van der Waals surface area (Å²) < 4.78 is 37.8. The Morgan fingerprint density at radius 1 is 1.32 bits per heavy atom. The van der Waals surface area contributed by atoms with Crippen molar-refractivity contribution in [3.05, 3.63) is 51.5 Å². The number of aromatic nitrogens is 1. The highest BCUT2D eigenvalue weighted by molar-refractivity contribution is 7.09. The fraction of sp³-hybridized carbons (Fsp3) is 0.412. The number of halogens is 3. The first-order valence-corrected chi connectivity index (χ1v) is 8.89. The van der Waals surface area contributed by atoms with Crippen LogP contribution in [0.5, 0.6) is 0 Å². The summed E-state index contributed by atoms with van der Waals surface area (Å²) in [6.07, 6.45) is -1.49. The second kappa shape index (κ2) is 7.43. The topological polar surface area (TPSA) is 49.3 Å². The number of aryl methyl sites for hydroxylation is 1. The molecule has 1 heterocycles. The Labute approximate surface area is 148 Å². The lowest BCUT2D eigenvalue weighted by atomic mass is 9.88. The molecule has 2 aromatic rings. The zero-order chi connectivity index (χ0) is 17.9. The first-order valence-electron chi connectivity index (χ1n) is 8.01. The maximum atomic E-state index is 12.6. The van der Waals surface area contributed by atoms with Crippen LogP contribution in [-0.4, -0.2) is 24.0 Å². The molecular formula is C17H19F3N4S. The number of guanidine groups is 1. The smallest absolute Gasteiger partial charge is 0.353 e. The van der Waals surface area contributed by atoms with E-state index in [1.165, 1.54) is 11.1 Å². The molecule has 0 amide bonds. The Balaban J connectivity index is 1.55. The molecule has 0 radical (unpaired) electrons. The average molecular weight is 368 g/mol. The standard InChI is InChI=1S/C17H19F3N4S/c1-21-16(22-9-15-24-14(10-25-15)17(18,19)20)23-13-7-6-11-4-2-3-5-12(11)8-13/h2-5,10,13H,6-9H2,1H3,(H2,21,22,23). The molecule has 0 aliphatic heterocycles. The number of nitrogens with zero attached hydrogens (tertiary/aromatic N) is 2. The van der Waals surface area contributed by atoms with Gasteiger partial charge in [0.25, 0.3) is 0 Å². The number of thiazole rings is 1. The van der Waals surface area contributed by atoms with Crippen molar-refractivity contribution in [2.24, 2.45) is 4.99 Å². The number of nitrogens with one attached hydrogen (secondary N) is 2. The van der Waals surface area contributed by atoms with Gasteiger partial charge in [0.1, 0.15) is 5.01 Å². The van der Waals surface area contributed by atoms with E-state index in [1.54, 1.807) is 7.05 Å². The Hall–Kier alpha value is -2.09. The van der Waals surface area contributed by atoms with Crippen LogP contribution < -0.4 is 10.6 Å². The largest absolute Gasteiger partial charge is 0.434 e. The van der Waals surface area contributed by atoms with Gasteiger partial charge in [-0.2, -0.15) is 13.2 Å². The zero-order valence-corrected chi connectivity index (χ0v) is 14.5. The number of benzene rings is 1. The first kappa shape index (κ1) is 17.7. The predicted molar refractivity (Wildman–Crippen MR) is 92.7 cm³/mol. The monoisotopic (exact) mass is 368 g/mol. The molecule has 0 fully saturated rings. The molecule has 0 saturated carbocycles. The van der Waals surface area contributed by atoms with Crippen molar-refractivity contribution in [3.8, 4) is 0 Å². The highest BCUT2D eigenvalue weighted by Crippen LogP contribution is 2.29. The van der Waals surface area contributed by atoms with Crippen LogP contribution in [0.2, 0.25) is 0 Å². The molecule has 1 unspecified atom stereocenters. The van der Waals surface area contributed by atoms with Crippen molar-refractivity contribution in [3.63, 3.8) is 0 Å². The SMILES string of the molecule is CN=C(NCc1nc(C(F)(F)F)cs1)NC1CCc2ccccc2C1. The molecular weight excluding hydrogens is 349 g/mol. The summed E-state index contributed by atoms with van der Waals surface area (Å²) in [7, 11) is 1.65. The van der Waals surface area contributed by atoms with Gasteiger partial charge in [0.2, 0.25) is 0 Å². The van der Waals surface area contributed by atoms with Gasteiger partial charge in [-0.25, -0.2) is 4.98 Å². The molecule has 0 saturated heterocycles. The van der Waals surface area contributed by atoms with E-state index in [-0.39, 0.29) is 12.6 Å². The normalized spacial score (nSPS) is 17.9. The van der Waals surface area contributed by atoms with E-state index in [4.69, 9.17) is 0 Å². The molecule has 1 aromatic carbocycles. The third-order valence-corrected chi connectivity index (χ3v) is 5.01. The van der Waals surface area contributed by atoms with Crippen LogP contribution in [0.4, 0.5) is 13.2 Å². The van der Waals surface area contributed by atoms with Crippen LogP contribution in [0, 0.1) is 0 Å². The van der Waals surface area contributed by atoms with Gasteiger partial charge in [-0.3, -0.25) is 4.99 Å². The number of hydrogen-bond donors (Lipinski definition) is 2. The molecule has 1 aromatic heterocycles. The van der Waals surface area contributed by atoms with E-state index in [1.807, 2.05) is 6.07 Å². The lowest BCUT2D eigenvalue weighted by molar-refractivity contribution is -0.140. The molecule has 0 bridgehead atoms. The third kappa shape index (κ3) is 4.50. The third-order valence-electron chi connectivity index (χ3n) is 4.16. The fourth-order valence-corrected chi connectivity index (χ4v) is 3.63. The minimum Gasteiger partial charge on any atom is -0.353 e. The minimum atomic E-state index is -4.40. The van der Waals surface area contributed by atoms with Gasteiger partial charge in [0, 0.05) is 18.5 Å². The molecule has 1 aliphatic rings. The van der Waals surface area contributed by atoms with Crippen molar-refractivity contribution < 1.29 is 13.2 Å². The van der Waals surface area contributed by atoms with Crippen molar-refractivity contribution in [2.45, 2.75) is 38.0 Å². The molecule has 3 rings (SSSR count). The minimum absolute atomic E-state index is 0.212. The summed E-state index contributed by atoms with van der Waals surface area (Å²) in [6, 6.07) is 8.63. The average Bonchev–Trinajstić information content (AvgIpc) is 3.08. The van der Waals surface area contributed by atoms with Gasteiger partial charge >= 0.3 is 6.18 Å². The first-order chi connectivity index (χ1) is 12.0. The van der Waals surface area contributed by atoms with Crippen LogP contribution in [0.1, 0.15) is 28.2 Å². The summed E-state index contributed by atoms with van der Waals surface area (Å²) in [5.41, 5.74) is 1.86. The Kier molecular flexibility index (Phi) is 5.27. The predicted octanol–water partition coefficient (Wildman–Crippen LogP) is 3.38. The molecule has 0 spiro atoms. The van der Waals surface area contributed by atoms with E-state index in [0.717, 1.165) is 36.0 Å². The second-order valence-electron chi connectivity index (χ2n) is 5.90. The Bertz CT molecular complexity index is 754. The summed E-state index contributed by atoms with van der Waals surface area (Å²) in [4.78, 5) is 7.77. The highest BCUT2D eigenvalue weighted by atomic mass is 32.1. The lowest BCUT2D eigenvalue weighted by Crippen LogP contribution is -2.45. The van der Waals surface area contributed by atoms with Crippen molar-refractivity contribution in [1.82, 2.24) is 15.6 Å². The van der Waals surface area contributed by atoms with E-state index >= 15 is 0 Å². The molecule has 4 nitrogen and oxygen atoms in total. The molecule has 25 heavy (non-hydrogen) atoms. The van der Waals surface area contributed by atoms with Crippen LogP contribution in [0.15, 0.2) is 34.6 Å². The maximum absolute atomic E-state index is 12.6. The summed E-state index contributed by atoms with van der Waals surface area (Å²) in [5, 5.41) is 7.80. The number of fused-ring (bicyclic) bond motifs is 1. The van der Waals surface area contributed by atoms with E-state index < -0.39 is 11.9 Å². The van der Waals surface area contributed by atoms with E-state index in [2.05, 4.69) is 38.8 Å². The Morgan fingerprint density at radius 3 is 2.76 bits per heavy atom. The highest BCUT2D eigenvalue weighted by Gasteiger charge is 2.33. The van der Waals surface area contributed by atoms with Gasteiger partial charge in [-0.15, -0.1) is 11.3 Å². The second-order valence-corrected chi connectivity index (χ2v) is 6.85. The van der Waals surface area contributed by atoms with Gasteiger partial charge in [-0.1, -0.05) is 24.3 Å². The van der Waals surface area contributed by atoms with Gasteiger partial charge in [0.05, 0.1) is 6.54 Å². The van der Waals surface area contributed by atoms with Crippen LogP contribution >= 0.6 is 11.3 Å². The summed E-state index contributed by atoms with van der Waals surface area (Å²) in [6.45, 7) is 0.212. The van der Waals surface area contributed by atoms with Crippen molar-refractivity contribution >= 4 is 17.3 Å². The quantitative estimate of drug-likeness (QED) is 0.645. The van der Waals surface area contributed by atoms with Crippen LogP contribution in [0.25, 0.3) is 0 Å². The summed E-state index contributed by atoms with van der Waals surface area (Å²) >= 11 is 0.989. The number of alkyl halides is 3. The van der Waals surface area contributed by atoms with E-state index in [9.17, 15) is 13.2 Å².